The molecule has 8 nitrogen and oxygen atoms in total. The Labute approximate surface area is 212 Å². The fourth-order valence-electron chi connectivity index (χ4n) is 4.25. The van der Waals surface area contributed by atoms with Crippen molar-refractivity contribution in [1.82, 2.24) is 24.9 Å². The first-order valence-corrected chi connectivity index (χ1v) is 11.3. The van der Waals surface area contributed by atoms with Crippen molar-refractivity contribution < 1.29 is 13.9 Å². The average Bonchev–Trinajstić information content (AvgIpc) is 3.27. The molecule has 0 radical (unpaired) electrons. The lowest BCUT2D eigenvalue weighted by molar-refractivity contribution is -0.00823. The molecule has 182 valence electrons. The summed E-state index contributed by atoms with van der Waals surface area (Å²) >= 11 is 0. The van der Waals surface area contributed by atoms with Crippen molar-refractivity contribution in [3.63, 3.8) is 0 Å². The molecule has 2 aliphatic rings. The highest BCUT2D eigenvalue weighted by Gasteiger charge is 2.27. The maximum Gasteiger partial charge on any atom is 0.194 e. The largest absolute Gasteiger partial charge is 0.379 e. The van der Waals surface area contributed by atoms with Gasteiger partial charge in [-0.2, -0.15) is 5.10 Å². The van der Waals surface area contributed by atoms with Crippen molar-refractivity contribution in [1.29, 1.82) is 0 Å². The third-order valence-corrected chi connectivity index (χ3v) is 5.95. The topological polar surface area (TPSA) is 67.2 Å². The van der Waals surface area contributed by atoms with Crippen LogP contribution in [0.15, 0.2) is 41.7 Å². The lowest BCUT2D eigenvalue weighted by Gasteiger charge is -2.36. The normalized spacial score (nSPS) is 20.9. The number of nitrogens with zero attached hydrogens (tertiary/aromatic N) is 5. The highest BCUT2D eigenvalue weighted by atomic mass is 127. The lowest BCUT2D eigenvalue weighted by atomic mass is 10.0. The predicted molar refractivity (Wildman–Crippen MR) is 136 cm³/mol. The summed E-state index contributed by atoms with van der Waals surface area (Å²) in [5, 5.41) is 7.72. The van der Waals surface area contributed by atoms with E-state index in [2.05, 4.69) is 27.1 Å². The van der Waals surface area contributed by atoms with Gasteiger partial charge in [-0.1, -0.05) is 12.1 Å². The number of hydrogen-bond acceptors (Lipinski definition) is 5. The van der Waals surface area contributed by atoms with E-state index < -0.39 is 0 Å². The maximum atomic E-state index is 13.5. The van der Waals surface area contributed by atoms with Crippen molar-refractivity contribution in [2.24, 2.45) is 12.0 Å². The number of aryl methyl sites for hydroxylation is 1. The van der Waals surface area contributed by atoms with E-state index in [1.165, 1.54) is 12.1 Å². The summed E-state index contributed by atoms with van der Waals surface area (Å²) in [6.45, 7) is 8.68. The first-order chi connectivity index (χ1) is 15.6. The van der Waals surface area contributed by atoms with Gasteiger partial charge in [0.15, 0.2) is 5.96 Å². The molecule has 2 aromatic rings. The van der Waals surface area contributed by atoms with Crippen LogP contribution in [0.2, 0.25) is 0 Å². The van der Waals surface area contributed by atoms with Crippen molar-refractivity contribution in [2.75, 3.05) is 59.1 Å². The van der Waals surface area contributed by atoms with Gasteiger partial charge in [0.05, 0.1) is 45.1 Å². The van der Waals surface area contributed by atoms with E-state index >= 15 is 0 Å². The summed E-state index contributed by atoms with van der Waals surface area (Å²) in [4.78, 5) is 9.66. The van der Waals surface area contributed by atoms with Gasteiger partial charge in [0.1, 0.15) is 11.9 Å². The number of benzene rings is 1. The molecule has 1 aromatic carbocycles. The summed E-state index contributed by atoms with van der Waals surface area (Å²) < 4.78 is 26.9. The number of nitrogens with one attached hydrogen (secondary N) is 1. The zero-order valence-electron chi connectivity index (χ0n) is 19.3. The number of aliphatic imine (C=N–C) groups is 1. The van der Waals surface area contributed by atoms with Crippen LogP contribution in [0.1, 0.15) is 30.2 Å². The third-order valence-electron chi connectivity index (χ3n) is 5.95. The van der Waals surface area contributed by atoms with Gasteiger partial charge in [0.25, 0.3) is 0 Å². The van der Waals surface area contributed by atoms with Crippen LogP contribution in [0.5, 0.6) is 0 Å². The van der Waals surface area contributed by atoms with E-state index in [0.29, 0.717) is 26.4 Å². The number of halogens is 2. The molecular weight excluding hydrogens is 538 g/mol. The van der Waals surface area contributed by atoms with Gasteiger partial charge < -0.3 is 19.7 Å². The van der Waals surface area contributed by atoms with Gasteiger partial charge in [-0.15, -0.1) is 24.0 Å². The smallest absolute Gasteiger partial charge is 0.194 e. The first kappa shape index (κ1) is 25.9. The second kappa shape index (κ2) is 12.6. The SMILES string of the molecule is CCNC(=NCC(c1ccc(F)cc1)N1CCOCC1)N1CCOC(c2cnn(C)c2)C1.I. The Hall–Kier alpha value is -1.76. The maximum absolute atomic E-state index is 13.5. The molecule has 1 aromatic heterocycles. The zero-order valence-corrected chi connectivity index (χ0v) is 21.7. The Kier molecular flexibility index (Phi) is 9.90. The van der Waals surface area contributed by atoms with Crippen LogP contribution in [0.25, 0.3) is 0 Å². The average molecular weight is 572 g/mol. The number of rotatable bonds is 6. The van der Waals surface area contributed by atoms with Crippen molar-refractivity contribution in [3.05, 3.63) is 53.6 Å². The molecule has 1 N–H and O–H groups in total. The van der Waals surface area contributed by atoms with E-state index in [1.807, 2.05) is 31.6 Å². The Morgan fingerprint density at radius 3 is 2.64 bits per heavy atom. The number of morpholine rings is 2. The van der Waals surface area contributed by atoms with Crippen LogP contribution < -0.4 is 5.32 Å². The Balaban J connectivity index is 0.00000306. The second-order valence-electron chi connectivity index (χ2n) is 8.16. The molecule has 2 saturated heterocycles. The molecule has 0 amide bonds. The monoisotopic (exact) mass is 572 g/mol. The number of hydrogen-bond donors (Lipinski definition) is 1. The second-order valence-corrected chi connectivity index (χ2v) is 8.16. The Morgan fingerprint density at radius 1 is 1.21 bits per heavy atom. The van der Waals surface area contributed by atoms with Crippen LogP contribution in [0.3, 0.4) is 0 Å². The summed E-state index contributed by atoms with van der Waals surface area (Å²) in [6, 6.07) is 6.86. The molecule has 2 atom stereocenters. The molecule has 0 spiro atoms. The van der Waals surface area contributed by atoms with E-state index in [4.69, 9.17) is 14.5 Å². The fraction of sp³-hybridized carbons (Fsp3) is 0.565. The number of ether oxygens (including phenoxy) is 2. The minimum atomic E-state index is -0.221. The number of guanidine groups is 1. The van der Waals surface area contributed by atoms with Crippen LogP contribution >= 0.6 is 24.0 Å². The van der Waals surface area contributed by atoms with Crippen molar-refractivity contribution >= 4 is 29.9 Å². The van der Waals surface area contributed by atoms with Crippen LogP contribution in [0.4, 0.5) is 4.39 Å². The molecule has 2 aliphatic heterocycles. The number of aromatic nitrogens is 2. The molecule has 0 aliphatic carbocycles. The molecule has 10 heteroatoms. The first-order valence-electron chi connectivity index (χ1n) is 11.3. The van der Waals surface area contributed by atoms with Crippen LogP contribution in [-0.4, -0.2) is 84.6 Å². The highest BCUT2D eigenvalue weighted by Crippen LogP contribution is 2.24. The Bertz CT molecular complexity index is 887. The van der Waals surface area contributed by atoms with Crippen molar-refractivity contribution in [3.8, 4) is 0 Å². The predicted octanol–water partition coefficient (Wildman–Crippen LogP) is 2.59. The zero-order chi connectivity index (χ0) is 22.3. The van der Waals surface area contributed by atoms with Gasteiger partial charge in [-0.05, 0) is 24.6 Å². The van der Waals surface area contributed by atoms with Gasteiger partial charge in [0.2, 0.25) is 0 Å². The molecule has 4 rings (SSSR count). The molecular formula is C23H34FIN6O2. The Morgan fingerprint density at radius 2 is 1.97 bits per heavy atom. The van der Waals surface area contributed by atoms with Gasteiger partial charge in [0, 0.05) is 45.0 Å². The standard InChI is InChI=1S/C23H33FN6O2.HI/c1-3-25-23(30-10-13-32-22(17-30)19-14-27-28(2)16-19)26-15-21(29-8-11-31-12-9-29)18-4-6-20(24)7-5-18;/h4-7,14,16,21-22H,3,8-13,15,17H2,1-2H3,(H,25,26);1H. The molecule has 2 unspecified atom stereocenters. The third kappa shape index (κ3) is 6.87. The molecule has 3 heterocycles. The molecule has 0 saturated carbocycles. The van der Waals surface area contributed by atoms with E-state index in [-0.39, 0.29) is 41.9 Å². The van der Waals surface area contributed by atoms with E-state index in [1.54, 1.807) is 4.68 Å². The summed E-state index contributed by atoms with van der Waals surface area (Å²) in [7, 11) is 1.91. The van der Waals surface area contributed by atoms with Crippen molar-refractivity contribution in [2.45, 2.75) is 19.1 Å². The highest BCUT2D eigenvalue weighted by molar-refractivity contribution is 14.0. The molecule has 0 bridgehead atoms. The minimum Gasteiger partial charge on any atom is -0.379 e. The van der Waals surface area contributed by atoms with Gasteiger partial charge in [-0.3, -0.25) is 14.6 Å². The summed E-state index contributed by atoms with van der Waals surface area (Å²) in [5.74, 6) is 0.658. The fourth-order valence-corrected chi connectivity index (χ4v) is 4.25. The van der Waals surface area contributed by atoms with Crippen LogP contribution in [-0.2, 0) is 16.5 Å². The summed E-state index contributed by atoms with van der Waals surface area (Å²) in [6.07, 6.45) is 3.83. The quantitative estimate of drug-likeness (QED) is 0.326. The van der Waals surface area contributed by atoms with Gasteiger partial charge >= 0.3 is 0 Å². The van der Waals surface area contributed by atoms with E-state index in [0.717, 1.165) is 49.8 Å². The van der Waals surface area contributed by atoms with Gasteiger partial charge in [-0.25, -0.2) is 4.39 Å². The lowest BCUT2D eigenvalue weighted by Crippen LogP contribution is -2.48. The summed E-state index contributed by atoms with van der Waals surface area (Å²) in [5.41, 5.74) is 2.15. The minimum absolute atomic E-state index is 0. The molecule has 33 heavy (non-hydrogen) atoms. The molecule has 2 fully saturated rings. The van der Waals surface area contributed by atoms with E-state index in [9.17, 15) is 4.39 Å². The van der Waals surface area contributed by atoms with Crippen LogP contribution in [0, 0.1) is 5.82 Å².